The number of aromatic hydroxyl groups is 1. The topological polar surface area (TPSA) is 113 Å². The van der Waals surface area contributed by atoms with Crippen molar-refractivity contribution in [2.45, 2.75) is 59.5 Å². The molecule has 0 aliphatic heterocycles. The van der Waals surface area contributed by atoms with Crippen molar-refractivity contribution in [3.63, 3.8) is 0 Å². The highest BCUT2D eigenvalue weighted by atomic mass is 16.5. The lowest BCUT2D eigenvalue weighted by molar-refractivity contribution is -0.153. The van der Waals surface area contributed by atoms with Gasteiger partial charge in [0.1, 0.15) is 17.2 Å². The van der Waals surface area contributed by atoms with Gasteiger partial charge in [0.05, 0.1) is 30.3 Å². The molecule has 0 aliphatic carbocycles. The minimum Gasteiger partial charge on any atom is -0.507 e. The standard InChI is InChI=1S/C26H34O7/c1-5-8-21-22(12-11-20(17(2)27)24(21)29)33-14-7-13-32-19-10-6-9-18(15-19)16-23(28)26(3,4)25(30)31/h6,9-12,15,23,28-29H,5,7-8,13-14,16H2,1-4H3,(H,30,31). The van der Waals surface area contributed by atoms with E-state index in [-0.39, 0.29) is 18.0 Å². The highest BCUT2D eigenvalue weighted by molar-refractivity contribution is 5.97. The predicted molar refractivity (Wildman–Crippen MR) is 125 cm³/mol. The molecule has 0 bridgehead atoms. The van der Waals surface area contributed by atoms with E-state index < -0.39 is 17.5 Å². The second-order valence-electron chi connectivity index (χ2n) is 8.69. The largest absolute Gasteiger partial charge is 0.507 e. The second-order valence-corrected chi connectivity index (χ2v) is 8.69. The molecule has 0 aliphatic rings. The summed E-state index contributed by atoms with van der Waals surface area (Å²) >= 11 is 0. The van der Waals surface area contributed by atoms with Gasteiger partial charge in [0.2, 0.25) is 0 Å². The molecule has 7 nitrogen and oxygen atoms in total. The number of carboxylic acid groups (broad SMARTS) is 1. The van der Waals surface area contributed by atoms with Gasteiger partial charge in [0.15, 0.2) is 5.78 Å². The Kier molecular flexibility index (Phi) is 9.29. The average Bonchev–Trinajstić information content (AvgIpc) is 2.75. The van der Waals surface area contributed by atoms with Gasteiger partial charge < -0.3 is 24.8 Å². The molecule has 7 heteroatoms. The van der Waals surface area contributed by atoms with Crippen LogP contribution in [0.2, 0.25) is 0 Å². The Balaban J connectivity index is 1.90. The van der Waals surface area contributed by atoms with Crippen LogP contribution in [-0.4, -0.2) is 46.4 Å². The lowest BCUT2D eigenvalue weighted by Crippen LogP contribution is -2.38. The Labute approximate surface area is 195 Å². The van der Waals surface area contributed by atoms with E-state index in [2.05, 4.69) is 0 Å². The quantitative estimate of drug-likeness (QED) is 0.301. The van der Waals surface area contributed by atoms with Crippen molar-refractivity contribution >= 4 is 11.8 Å². The fraction of sp³-hybridized carbons (Fsp3) is 0.462. The molecule has 1 unspecified atom stereocenters. The van der Waals surface area contributed by atoms with E-state index >= 15 is 0 Å². The van der Waals surface area contributed by atoms with Gasteiger partial charge >= 0.3 is 5.97 Å². The first-order valence-corrected chi connectivity index (χ1v) is 11.2. The van der Waals surface area contributed by atoms with Gasteiger partial charge in [-0.15, -0.1) is 0 Å². The first-order chi connectivity index (χ1) is 15.6. The maximum Gasteiger partial charge on any atom is 0.311 e. The van der Waals surface area contributed by atoms with E-state index in [9.17, 15) is 24.9 Å². The lowest BCUT2D eigenvalue weighted by atomic mass is 9.83. The summed E-state index contributed by atoms with van der Waals surface area (Å²) in [6.07, 6.45) is 1.19. The fourth-order valence-corrected chi connectivity index (χ4v) is 3.34. The molecule has 0 fully saturated rings. The number of carboxylic acids is 1. The van der Waals surface area contributed by atoms with Gasteiger partial charge in [0, 0.05) is 12.0 Å². The normalized spacial score (nSPS) is 12.3. The molecule has 33 heavy (non-hydrogen) atoms. The predicted octanol–water partition coefficient (Wildman–Crippen LogP) is 4.41. The number of Topliss-reactive ketones (excluding diaryl/α,β-unsaturated/α-hetero) is 1. The molecule has 0 aromatic heterocycles. The number of aliphatic carboxylic acids is 1. The number of ether oxygens (including phenoxy) is 2. The van der Waals surface area contributed by atoms with Crippen molar-refractivity contribution in [1.82, 2.24) is 0 Å². The van der Waals surface area contributed by atoms with Crippen molar-refractivity contribution in [2.24, 2.45) is 5.41 Å². The molecule has 1 atom stereocenters. The van der Waals surface area contributed by atoms with Crippen LogP contribution < -0.4 is 9.47 Å². The monoisotopic (exact) mass is 458 g/mol. The first kappa shape index (κ1) is 26.2. The maximum atomic E-state index is 11.7. The summed E-state index contributed by atoms with van der Waals surface area (Å²) in [5.41, 5.74) is 0.477. The number of ketones is 1. The van der Waals surface area contributed by atoms with Crippen molar-refractivity contribution < 1.29 is 34.4 Å². The van der Waals surface area contributed by atoms with Crippen LogP contribution in [0.1, 0.15) is 62.0 Å². The summed E-state index contributed by atoms with van der Waals surface area (Å²) in [6, 6.07) is 10.5. The van der Waals surface area contributed by atoms with Crippen LogP contribution in [0.15, 0.2) is 36.4 Å². The van der Waals surface area contributed by atoms with Crippen molar-refractivity contribution in [1.29, 1.82) is 0 Å². The molecule has 0 radical (unpaired) electrons. The zero-order valence-electron chi connectivity index (χ0n) is 19.8. The smallest absolute Gasteiger partial charge is 0.311 e. The molecule has 3 N–H and O–H groups in total. The maximum absolute atomic E-state index is 11.7. The van der Waals surface area contributed by atoms with Crippen LogP contribution >= 0.6 is 0 Å². The van der Waals surface area contributed by atoms with E-state index in [0.717, 1.165) is 12.0 Å². The van der Waals surface area contributed by atoms with E-state index in [4.69, 9.17) is 9.47 Å². The Hall–Kier alpha value is -3.06. The molecule has 0 saturated heterocycles. The Bertz CT molecular complexity index is 965. The molecule has 0 amide bonds. The molecular weight excluding hydrogens is 424 g/mol. The van der Waals surface area contributed by atoms with Gasteiger partial charge in [-0.05, 0) is 63.4 Å². The number of carbonyl (C=O) groups is 2. The minimum atomic E-state index is -1.25. The molecule has 2 rings (SSSR count). The highest BCUT2D eigenvalue weighted by Crippen LogP contribution is 2.33. The summed E-state index contributed by atoms with van der Waals surface area (Å²) in [6.45, 7) is 7.19. The Morgan fingerprint density at radius 2 is 1.79 bits per heavy atom. The van der Waals surface area contributed by atoms with Crippen LogP contribution in [0.4, 0.5) is 0 Å². The van der Waals surface area contributed by atoms with Crippen LogP contribution in [0.3, 0.4) is 0 Å². The van der Waals surface area contributed by atoms with Crippen molar-refractivity contribution in [2.75, 3.05) is 13.2 Å². The summed E-state index contributed by atoms with van der Waals surface area (Å²) < 4.78 is 11.6. The first-order valence-electron chi connectivity index (χ1n) is 11.2. The third-order valence-corrected chi connectivity index (χ3v) is 5.65. The fourth-order valence-electron chi connectivity index (χ4n) is 3.34. The van der Waals surface area contributed by atoms with Crippen LogP contribution in [0.5, 0.6) is 17.2 Å². The van der Waals surface area contributed by atoms with Crippen LogP contribution in [-0.2, 0) is 17.6 Å². The molecule has 2 aromatic carbocycles. The van der Waals surface area contributed by atoms with E-state index in [1.807, 2.05) is 13.0 Å². The molecule has 2 aromatic rings. The van der Waals surface area contributed by atoms with Crippen molar-refractivity contribution in [3.8, 4) is 17.2 Å². The number of rotatable bonds is 13. The lowest BCUT2D eigenvalue weighted by Gasteiger charge is -2.26. The van der Waals surface area contributed by atoms with E-state index in [1.54, 1.807) is 30.3 Å². The van der Waals surface area contributed by atoms with Gasteiger partial charge in [-0.1, -0.05) is 25.5 Å². The third kappa shape index (κ3) is 6.96. The highest BCUT2D eigenvalue weighted by Gasteiger charge is 2.35. The van der Waals surface area contributed by atoms with Crippen LogP contribution in [0, 0.1) is 5.41 Å². The summed E-state index contributed by atoms with van der Waals surface area (Å²) in [4.78, 5) is 23.0. The number of aliphatic hydroxyl groups excluding tert-OH is 1. The van der Waals surface area contributed by atoms with Crippen molar-refractivity contribution in [3.05, 3.63) is 53.1 Å². The molecule has 180 valence electrons. The SMILES string of the molecule is CCCc1c(OCCCOc2cccc(CC(O)C(C)(C)C(=O)O)c2)ccc(C(C)=O)c1O. The Morgan fingerprint density at radius 3 is 2.42 bits per heavy atom. The van der Waals surface area contributed by atoms with Crippen LogP contribution in [0.25, 0.3) is 0 Å². The van der Waals surface area contributed by atoms with Gasteiger partial charge in [-0.2, -0.15) is 0 Å². The summed E-state index contributed by atoms with van der Waals surface area (Å²) in [5, 5.41) is 30.0. The van der Waals surface area contributed by atoms with Gasteiger partial charge in [-0.3, -0.25) is 9.59 Å². The molecular formula is C26H34O7. The van der Waals surface area contributed by atoms with Gasteiger partial charge in [0.25, 0.3) is 0 Å². The number of carbonyl (C=O) groups excluding carboxylic acids is 1. The number of phenols is 1. The number of phenolic OH excluding ortho intramolecular Hbond substituents is 1. The minimum absolute atomic E-state index is 0.0109. The molecule has 0 spiro atoms. The molecule has 0 saturated carbocycles. The summed E-state index contributed by atoms with van der Waals surface area (Å²) in [7, 11) is 0. The average molecular weight is 459 g/mol. The van der Waals surface area contributed by atoms with E-state index in [1.165, 1.54) is 20.8 Å². The zero-order chi connectivity index (χ0) is 24.6. The summed E-state index contributed by atoms with van der Waals surface area (Å²) in [5.74, 6) is -0.0534. The molecule has 0 heterocycles. The van der Waals surface area contributed by atoms with Gasteiger partial charge in [-0.25, -0.2) is 0 Å². The third-order valence-electron chi connectivity index (χ3n) is 5.65. The zero-order valence-corrected chi connectivity index (χ0v) is 19.8. The number of aliphatic hydroxyl groups is 1. The number of benzene rings is 2. The number of hydrogen-bond acceptors (Lipinski definition) is 6. The Morgan fingerprint density at radius 1 is 1.09 bits per heavy atom. The van der Waals surface area contributed by atoms with E-state index in [0.29, 0.717) is 48.7 Å². The number of hydrogen-bond donors (Lipinski definition) is 3. The second kappa shape index (κ2) is 11.7.